The monoisotopic (exact) mass is 267 g/mol. The van der Waals surface area contributed by atoms with Crippen LogP contribution in [-0.4, -0.2) is 33.5 Å². The number of aromatic nitrogens is 2. The van der Waals surface area contributed by atoms with E-state index in [1.807, 2.05) is 6.92 Å². The molecule has 3 rings (SSSR count). The zero-order chi connectivity index (χ0) is 13.4. The first-order chi connectivity index (χ1) is 9.17. The molecule has 0 radical (unpaired) electrons. The van der Waals surface area contributed by atoms with Gasteiger partial charge in [-0.1, -0.05) is 0 Å². The van der Waals surface area contributed by atoms with Gasteiger partial charge in [0.15, 0.2) is 5.82 Å². The number of fused-ring (bicyclic) bond motifs is 1. The summed E-state index contributed by atoms with van der Waals surface area (Å²) < 4.78 is 7.12. The fraction of sp³-hybridized carbons (Fsp3) is 0.667. The van der Waals surface area contributed by atoms with Crippen LogP contribution < -0.4 is 11.2 Å². The van der Waals surface area contributed by atoms with Crippen molar-refractivity contribution in [3.63, 3.8) is 0 Å². The molecule has 104 valence electrons. The number of nitrogens with one attached hydrogen (secondary N) is 1. The Bertz CT molecular complexity index is 530. The molecule has 2 aliphatic heterocycles. The minimum atomic E-state index is -0.368. The predicted molar refractivity (Wildman–Crippen MR) is 66.6 cm³/mol. The van der Waals surface area contributed by atoms with E-state index in [4.69, 9.17) is 14.7 Å². The number of aliphatic hydroxyl groups excluding tert-OH is 1. The molecule has 1 aromatic rings. The van der Waals surface area contributed by atoms with Gasteiger partial charge in [-0.3, -0.25) is 9.40 Å². The average Bonchev–Trinajstić information content (AvgIpc) is 2.87. The summed E-state index contributed by atoms with van der Waals surface area (Å²) >= 11 is 0. The molecule has 0 spiro atoms. The lowest BCUT2D eigenvalue weighted by Gasteiger charge is -2.24. The third-order valence-electron chi connectivity index (χ3n) is 3.49. The largest absolute Gasteiger partial charge is 0.394 e. The van der Waals surface area contributed by atoms with Crippen LogP contribution >= 0.6 is 0 Å². The van der Waals surface area contributed by atoms with Gasteiger partial charge in [0.1, 0.15) is 6.23 Å². The molecule has 0 amide bonds. The predicted octanol–water partition coefficient (Wildman–Crippen LogP) is 0.201. The van der Waals surface area contributed by atoms with E-state index in [2.05, 4.69) is 10.5 Å². The van der Waals surface area contributed by atoms with Crippen molar-refractivity contribution in [2.75, 3.05) is 12.1 Å². The van der Waals surface area contributed by atoms with Gasteiger partial charge in [0.05, 0.1) is 18.8 Å². The van der Waals surface area contributed by atoms with Crippen molar-refractivity contribution in [3.05, 3.63) is 22.2 Å². The maximum Gasteiger partial charge on any atom is 0.351 e. The Morgan fingerprint density at radius 2 is 2.42 bits per heavy atom. The summed E-state index contributed by atoms with van der Waals surface area (Å²) in [6.07, 6.45) is 3.46. The smallest absolute Gasteiger partial charge is 0.351 e. The number of aliphatic hydroxyl groups is 1. The summed E-state index contributed by atoms with van der Waals surface area (Å²) in [6, 6.07) is 0. The number of nitrogens with zero attached hydrogens (tertiary/aromatic N) is 2. The van der Waals surface area contributed by atoms with E-state index < -0.39 is 0 Å². The van der Waals surface area contributed by atoms with Crippen molar-refractivity contribution in [1.82, 2.24) is 9.55 Å². The van der Waals surface area contributed by atoms with Crippen LogP contribution in [0, 0.1) is 0 Å². The Kier molecular flexibility index (Phi) is 3.26. The minimum absolute atomic E-state index is 0.0178. The van der Waals surface area contributed by atoms with Gasteiger partial charge in [-0.25, -0.2) is 10.3 Å². The lowest BCUT2D eigenvalue weighted by atomic mass is 10.1. The summed E-state index contributed by atoms with van der Waals surface area (Å²) in [5.74, 6) is 0.482. The molecule has 1 aromatic heterocycles. The van der Waals surface area contributed by atoms with Crippen LogP contribution in [0.2, 0.25) is 0 Å². The Morgan fingerprint density at radius 3 is 3.16 bits per heavy atom. The van der Waals surface area contributed by atoms with Crippen molar-refractivity contribution in [2.45, 2.75) is 44.6 Å². The number of ether oxygens (including phenoxy) is 1. The molecule has 2 aliphatic rings. The lowest BCUT2D eigenvalue weighted by molar-refractivity contribution is -0.0249. The Hall–Kier alpha value is -1.44. The minimum Gasteiger partial charge on any atom is -0.394 e. The molecular weight excluding hydrogens is 250 g/mol. The van der Waals surface area contributed by atoms with Gasteiger partial charge in [-0.05, 0) is 19.8 Å². The molecule has 3 heterocycles. The van der Waals surface area contributed by atoms with Crippen LogP contribution in [0.4, 0.5) is 5.82 Å². The van der Waals surface area contributed by atoms with Gasteiger partial charge in [-0.2, -0.15) is 4.98 Å². The van der Waals surface area contributed by atoms with Gasteiger partial charge in [0.2, 0.25) is 0 Å². The Labute approximate surface area is 110 Å². The second-order valence-electron chi connectivity index (χ2n) is 5.01. The normalized spacial score (nSPS) is 29.9. The third kappa shape index (κ3) is 2.36. The van der Waals surface area contributed by atoms with E-state index in [-0.39, 0.29) is 30.7 Å². The molecule has 2 unspecified atom stereocenters. The summed E-state index contributed by atoms with van der Waals surface area (Å²) in [5, 5.41) is 9.07. The van der Waals surface area contributed by atoms with Crippen molar-refractivity contribution in [2.24, 2.45) is 0 Å². The fourth-order valence-corrected chi connectivity index (χ4v) is 2.49. The van der Waals surface area contributed by atoms with Crippen LogP contribution in [-0.2, 0) is 16.0 Å². The number of hydrogen-bond donors (Lipinski definition) is 2. The van der Waals surface area contributed by atoms with E-state index in [9.17, 15) is 4.79 Å². The quantitative estimate of drug-likeness (QED) is 0.796. The van der Waals surface area contributed by atoms with Crippen molar-refractivity contribution < 1.29 is 14.7 Å². The summed E-state index contributed by atoms with van der Waals surface area (Å²) in [6.45, 7) is 1.93. The van der Waals surface area contributed by atoms with Gasteiger partial charge >= 0.3 is 5.69 Å². The molecule has 0 aromatic carbocycles. The van der Waals surface area contributed by atoms with E-state index in [1.54, 1.807) is 6.20 Å². The second kappa shape index (κ2) is 4.92. The van der Waals surface area contributed by atoms with Crippen LogP contribution in [0.1, 0.15) is 31.6 Å². The molecule has 0 saturated carbocycles. The van der Waals surface area contributed by atoms with Crippen LogP contribution in [0.5, 0.6) is 0 Å². The van der Waals surface area contributed by atoms with E-state index >= 15 is 0 Å². The van der Waals surface area contributed by atoms with Crippen LogP contribution in [0.25, 0.3) is 0 Å². The SMILES string of the molecule is CC1Cc2cn(C3CC[C@@H](CO)O3)c(=O)nc2NO1. The van der Waals surface area contributed by atoms with Crippen molar-refractivity contribution in [3.8, 4) is 0 Å². The van der Waals surface area contributed by atoms with Crippen molar-refractivity contribution in [1.29, 1.82) is 0 Å². The highest BCUT2D eigenvalue weighted by Gasteiger charge is 2.28. The van der Waals surface area contributed by atoms with Crippen LogP contribution in [0.15, 0.2) is 11.0 Å². The summed E-state index contributed by atoms with van der Waals surface area (Å²) in [7, 11) is 0. The molecular formula is C12H17N3O4. The fourth-order valence-electron chi connectivity index (χ4n) is 2.49. The molecule has 1 saturated heterocycles. The van der Waals surface area contributed by atoms with Gasteiger partial charge in [-0.15, -0.1) is 0 Å². The molecule has 19 heavy (non-hydrogen) atoms. The topological polar surface area (TPSA) is 85.6 Å². The highest BCUT2D eigenvalue weighted by atomic mass is 16.7. The van der Waals surface area contributed by atoms with Crippen molar-refractivity contribution >= 4 is 5.82 Å². The highest BCUT2D eigenvalue weighted by Crippen LogP contribution is 2.28. The van der Waals surface area contributed by atoms with Gasteiger partial charge in [0.25, 0.3) is 0 Å². The molecule has 3 atom stereocenters. The summed E-state index contributed by atoms with van der Waals surface area (Å²) in [4.78, 5) is 21.2. The standard InChI is InChI=1S/C12H17N3O4/c1-7-4-8-5-15(10-3-2-9(6-16)18-10)12(17)13-11(8)14-19-7/h5,7,9-10,16H,2-4,6H2,1H3,(H,13,14,17)/t7?,9-,10?/m0/s1. The van der Waals surface area contributed by atoms with Gasteiger partial charge < -0.3 is 9.84 Å². The molecule has 0 aliphatic carbocycles. The molecule has 0 bridgehead atoms. The first-order valence-corrected chi connectivity index (χ1v) is 6.47. The number of anilines is 1. The zero-order valence-electron chi connectivity index (χ0n) is 10.7. The third-order valence-corrected chi connectivity index (χ3v) is 3.49. The van der Waals surface area contributed by atoms with E-state index in [0.717, 1.165) is 12.0 Å². The van der Waals surface area contributed by atoms with E-state index in [1.165, 1.54) is 4.57 Å². The highest BCUT2D eigenvalue weighted by molar-refractivity contribution is 5.42. The lowest BCUT2D eigenvalue weighted by Crippen LogP contribution is -2.32. The Morgan fingerprint density at radius 1 is 1.58 bits per heavy atom. The molecule has 1 fully saturated rings. The summed E-state index contributed by atoms with van der Waals surface area (Å²) in [5.41, 5.74) is 3.26. The maximum absolute atomic E-state index is 12.0. The molecule has 7 heteroatoms. The van der Waals surface area contributed by atoms with E-state index in [0.29, 0.717) is 18.7 Å². The zero-order valence-corrected chi connectivity index (χ0v) is 10.7. The number of rotatable bonds is 2. The Balaban J connectivity index is 1.90. The number of hydrogen-bond acceptors (Lipinski definition) is 6. The first kappa shape index (κ1) is 12.6. The van der Waals surface area contributed by atoms with Crippen LogP contribution in [0.3, 0.4) is 0 Å². The molecule has 2 N–H and O–H groups in total. The molecule has 7 nitrogen and oxygen atoms in total. The first-order valence-electron chi connectivity index (χ1n) is 6.47. The second-order valence-corrected chi connectivity index (χ2v) is 5.01. The maximum atomic E-state index is 12.0. The van der Waals surface area contributed by atoms with Gasteiger partial charge in [0, 0.05) is 18.2 Å². The average molecular weight is 267 g/mol.